The Labute approximate surface area is 102 Å². The number of hydrogen-bond donors (Lipinski definition) is 2. The van der Waals surface area contributed by atoms with E-state index < -0.39 is 5.82 Å². The molecule has 6 heteroatoms. The van der Waals surface area contributed by atoms with E-state index in [9.17, 15) is 9.18 Å². The van der Waals surface area contributed by atoms with Crippen LogP contribution in [-0.2, 0) is 4.79 Å². The van der Waals surface area contributed by atoms with Gasteiger partial charge in [0.15, 0.2) is 0 Å². The molecule has 1 unspecified atom stereocenters. The molecule has 0 bridgehead atoms. The minimum Gasteiger partial charge on any atom is -0.323 e. The molecule has 0 saturated carbocycles. The minimum absolute atomic E-state index is 0.140. The maximum absolute atomic E-state index is 12.8. The predicted molar refractivity (Wildman–Crippen MR) is 64.3 cm³/mol. The summed E-state index contributed by atoms with van der Waals surface area (Å²) in [4.78, 5) is 11.7. The van der Waals surface area contributed by atoms with Crippen LogP contribution in [-0.4, -0.2) is 23.6 Å². The molecule has 1 amide bonds. The Bertz CT molecular complexity index is 410. The highest BCUT2D eigenvalue weighted by atomic mass is 35.5. The average molecular weight is 261 g/mol. The van der Waals surface area contributed by atoms with Gasteiger partial charge in [-0.25, -0.2) is 4.39 Å². The van der Waals surface area contributed by atoms with Crippen molar-refractivity contribution >= 4 is 35.0 Å². The Morgan fingerprint density at radius 2 is 2.44 bits per heavy atom. The van der Waals surface area contributed by atoms with Gasteiger partial charge in [0.2, 0.25) is 5.91 Å². The summed E-state index contributed by atoms with van der Waals surface area (Å²) in [5.74, 6) is 0.955. The summed E-state index contributed by atoms with van der Waals surface area (Å²) >= 11 is 7.46. The molecule has 86 valence electrons. The van der Waals surface area contributed by atoms with E-state index in [-0.39, 0.29) is 17.0 Å². The molecule has 1 atom stereocenters. The smallest absolute Gasteiger partial charge is 0.242 e. The number of thioether (sulfide) groups is 1. The van der Waals surface area contributed by atoms with Gasteiger partial charge in [0.1, 0.15) is 5.82 Å². The fourth-order valence-electron chi connectivity index (χ4n) is 1.37. The molecular formula is C10H10ClFN2OS. The largest absolute Gasteiger partial charge is 0.323 e. The predicted octanol–water partition coefficient (Wildman–Crippen LogP) is 2.08. The lowest BCUT2D eigenvalue weighted by Crippen LogP contribution is -2.37. The normalized spacial score (nSPS) is 19.8. The topological polar surface area (TPSA) is 41.1 Å². The lowest BCUT2D eigenvalue weighted by Gasteiger charge is -2.11. The van der Waals surface area contributed by atoms with Crippen LogP contribution in [0.1, 0.15) is 0 Å². The molecule has 1 aliphatic heterocycles. The number of carbonyl (C=O) groups excluding carboxylic acids is 1. The molecule has 0 radical (unpaired) electrons. The van der Waals surface area contributed by atoms with E-state index in [1.807, 2.05) is 0 Å². The van der Waals surface area contributed by atoms with Gasteiger partial charge in [0.05, 0.1) is 16.8 Å². The second kappa shape index (κ2) is 5.03. The lowest BCUT2D eigenvalue weighted by atomic mass is 10.2. The van der Waals surface area contributed by atoms with E-state index in [2.05, 4.69) is 10.6 Å². The standard InChI is InChI=1S/C10H10ClFN2OS/c11-7-3-6(12)1-2-8(7)14-10(15)9-4-16-5-13-9/h1-3,9,13H,4-5H2,(H,14,15). The molecular weight excluding hydrogens is 251 g/mol. The summed E-state index contributed by atoms with van der Waals surface area (Å²) in [6.45, 7) is 0. The molecule has 0 aromatic heterocycles. The van der Waals surface area contributed by atoms with E-state index in [0.717, 1.165) is 11.6 Å². The molecule has 0 aliphatic carbocycles. The SMILES string of the molecule is O=C(Nc1ccc(F)cc1Cl)C1CSCN1. The van der Waals surface area contributed by atoms with Gasteiger partial charge in [0, 0.05) is 11.6 Å². The van der Waals surface area contributed by atoms with Crippen LogP contribution in [0.5, 0.6) is 0 Å². The van der Waals surface area contributed by atoms with E-state index >= 15 is 0 Å². The molecule has 3 nitrogen and oxygen atoms in total. The molecule has 1 aromatic carbocycles. The first kappa shape index (κ1) is 11.7. The van der Waals surface area contributed by atoms with Gasteiger partial charge in [-0.15, -0.1) is 11.8 Å². The Morgan fingerprint density at radius 1 is 1.62 bits per heavy atom. The van der Waals surface area contributed by atoms with Crippen molar-refractivity contribution in [2.75, 3.05) is 16.9 Å². The molecule has 1 aromatic rings. The van der Waals surface area contributed by atoms with Crippen molar-refractivity contribution in [2.24, 2.45) is 0 Å². The van der Waals surface area contributed by atoms with Crippen molar-refractivity contribution in [1.29, 1.82) is 0 Å². The maximum atomic E-state index is 12.8. The van der Waals surface area contributed by atoms with Crippen LogP contribution < -0.4 is 10.6 Å². The summed E-state index contributed by atoms with van der Waals surface area (Å²) in [5, 5.41) is 5.91. The highest BCUT2D eigenvalue weighted by molar-refractivity contribution is 7.99. The molecule has 1 aliphatic rings. The van der Waals surface area contributed by atoms with Crippen molar-refractivity contribution < 1.29 is 9.18 Å². The second-order valence-electron chi connectivity index (χ2n) is 3.39. The van der Waals surface area contributed by atoms with Crippen LogP contribution in [0.25, 0.3) is 0 Å². The van der Waals surface area contributed by atoms with Gasteiger partial charge in [-0.1, -0.05) is 11.6 Å². The van der Waals surface area contributed by atoms with E-state index in [0.29, 0.717) is 5.69 Å². The van der Waals surface area contributed by atoms with Gasteiger partial charge in [-0.05, 0) is 18.2 Å². The molecule has 2 rings (SSSR count). The van der Waals surface area contributed by atoms with Gasteiger partial charge >= 0.3 is 0 Å². The van der Waals surface area contributed by atoms with Crippen LogP contribution in [0.4, 0.5) is 10.1 Å². The maximum Gasteiger partial charge on any atom is 0.242 e. The molecule has 16 heavy (non-hydrogen) atoms. The molecule has 1 fully saturated rings. The Balaban J connectivity index is 2.05. The highest BCUT2D eigenvalue weighted by Gasteiger charge is 2.22. The highest BCUT2D eigenvalue weighted by Crippen LogP contribution is 2.23. The third kappa shape index (κ3) is 2.66. The van der Waals surface area contributed by atoms with Crippen LogP contribution in [0.2, 0.25) is 5.02 Å². The Kier molecular flexibility index (Phi) is 3.68. The minimum atomic E-state index is -0.419. The van der Waals surface area contributed by atoms with Crippen LogP contribution in [0.3, 0.4) is 0 Å². The number of rotatable bonds is 2. The molecule has 0 spiro atoms. The lowest BCUT2D eigenvalue weighted by molar-refractivity contribution is -0.117. The second-order valence-corrected chi connectivity index (χ2v) is 4.82. The van der Waals surface area contributed by atoms with E-state index in [1.165, 1.54) is 18.2 Å². The van der Waals surface area contributed by atoms with Crippen molar-refractivity contribution in [3.63, 3.8) is 0 Å². The first-order valence-corrected chi connectivity index (χ1v) is 6.27. The zero-order valence-electron chi connectivity index (χ0n) is 8.30. The monoisotopic (exact) mass is 260 g/mol. The number of benzene rings is 1. The van der Waals surface area contributed by atoms with Crippen molar-refractivity contribution in [3.8, 4) is 0 Å². The number of carbonyl (C=O) groups is 1. The van der Waals surface area contributed by atoms with Crippen molar-refractivity contribution in [2.45, 2.75) is 6.04 Å². The number of halogens is 2. The Hall–Kier alpha value is -0.780. The first-order valence-electron chi connectivity index (χ1n) is 4.74. The quantitative estimate of drug-likeness (QED) is 0.856. The third-order valence-corrected chi connectivity index (χ3v) is 3.47. The Morgan fingerprint density at radius 3 is 3.06 bits per heavy atom. The van der Waals surface area contributed by atoms with Gasteiger partial charge < -0.3 is 5.32 Å². The van der Waals surface area contributed by atoms with Crippen LogP contribution >= 0.6 is 23.4 Å². The zero-order chi connectivity index (χ0) is 11.5. The number of anilines is 1. The molecule has 1 heterocycles. The van der Waals surface area contributed by atoms with E-state index in [1.54, 1.807) is 11.8 Å². The number of amides is 1. The summed E-state index contributed by atoms with van der Waals surface area (Å²) in [7, 11) is 0. The van der Waals surface area contributed by atoms with E-state index in [4.69, 9.17) is 11.6 Å². The zero-order valence-corrected chi connectivity index (χ0v) is 9.87. The summed E-state index contributed by atoms with van der Waals surface area (Å²) < 4.78 is 12.8. The van der Waals surface area contributed by atoms with Gasteiger partial charge in [-0.2, -0.15) is 0 Å². The summed E-state index contributed by atoms with van der Waals surface area (Å²) in [6.07, 6.45) is 0. The number of nitrogens with one attached hydrogen (secondary N) is 2. The van der Waals surface area contributed by atoms with Gasteiger partial charge in [-0.3, -0.25) is 10.1 Å². The van der Waals surface area contributed by atoms with Crippen LogP contribution in [0.15, 0.2) is 18.2 Å². The fraction of sp³-hybridized carbons (Fsp3) is 0.300. The summed E-state index contributed by atoms with van der Waals surface area (Å²) in [6, 6.07) is 3.69. The molecule has 2 N–H and O–H groups in total. The first-order chi connectivity index (χ1) is 7.66. The average Bonchev–Trinajstić information content (AvgIpc) is 2.75. The molecule has 1 saturated heterocycles. The number of hydrogen-bond acceptors (Lipinski definition) is 3. The van der Waals surface area contributed by atoms with Gasteiger partial charge in [0.25, 0.3) is 0 Å². The van der Waals surface area contributed by atoms with Crippen molar-refractivity contribution in [1.82, 2.24) is 5.32 Å². The third-order valence-electron chi connectivity index (χ3n) is 2.22. The summed E-state index contributed by atoms with van der Waals surface area (Å²) in [5.41, 5.74) is 0.437. The fourth-order valence-corrected chi connectivity index (χ4v) is 2.53. The van der Waals surface area contributed by atoms with Crippen molar-refractivity contribution in [3.05, 3.63) is 29.0 Å². The van der Waals surface area contributed by atoms with Crippen LogP contribution in [0, 0.1) is 5.82 Å².